The van der Waals surface area contributed by atoms with Crippen LogP contribution in [0.2, 0.25) is 10.0 Å². The van der Waals surface area contributed by atoms with Crippen LogP contribution in [0, 0.1) is 11.8 Å². The molecule has 2 unspecified atom stereocenters. The zero-order valence-electron chi connectivity index (χ0n) is 8.62. The molecule has 0 aromatic heterocycles. The number of carbonyl (C=O) groups is 1. The van der Waals surface area contributed by atoms with Crippen LogP contribution in [-0.4, -0.2) is 23.9 Å². The number of hydrogen-bond acceptors (Lipinski definition) is 1. The molecule has 0 radical (unpaired) electrons. The van der Waals surface area contributed by atoms with E-state index in [1.54, 1.807) is 18.2 Å². The average Bonchev–Trinajstić information content (AvgIpc) is 2.88. The van der Waals surface area contributed by atoms with Gasteiger partial charge in [-0.1, -0.05) is 23.2 Å². The van der Waals surface area contributed by atoms with Gasteiger partial charge in [0, 0.05) is 18.1 Å². The summed E-state index contributed by atoms with van der Waals surface area (Å²) in [5, 5.41) is 1.03. The van der Waals surface area contributed by atoms with E-state index in [1.165, 1.54) is 6.42 Å². The monoisotopic (exact) mass is 255 g/mol. The molecule has 1 aliphatic heterocycles. The Kier molecular flexibility index (Phi) is 2.37. The zero-order chi connectivity index (χ0) is 11.3. The predicted molar refractivity (Wildman–Crippen MR) is 64.0 cm³/mol. The van der Waals surface area contributed by atoms with Crippen LogP contribution in [-0.2, 0) is 0 Å². The Balaban J connectivity index is 1.85. The van der Waals surface area contributed by atoms with Crippen LogP contribution < -0.4 is 0 Å². The molecule has 0 bridgehead atoms. The molecular weight excluding hydrogens is 245 g/mol. The number of hydrogen-bond donors (Lipinski definition) is 0. The fraction of sp³-hybridized carbons (Fsp3) is 0.417. The number of rotatable bonds is 1. The van der Waals surface area contributed by atoms with Crippen LogP contribution in [0.15, 0.2) is 18.2 Å². The molecule has 1 aromatic rings. The number of piperidine rings is 1. The highest BCUT2D eigenvalue weighted by Gasteiger charge is 2.46. The quantitative estimate of drug-likeness (QED) is 0.756. The standard InChI is InChI=1S/C12H11Cl2NO/c13-9-1-2-11(14)10(4-9)12(16)15-5-7-3-8(7)6-15/h1-2,4,7-8H,3,5-6H2. The summed E-state index contributed by atoms with van der Waals surface area (Å²) in [6.07, 6.45) is 1.28. The second-order valence-electron chi connectivity index (χ2n) is 4.59. The summed E-state index contributed by atoms with van der Waals surface area (Å²) in [6, 6.07) is 5.02. The Morgan fingerprint density at radius 1 is 1.25 bits per heavy atom. The molecule has 0 spiro atoms. The van der Waals surface area contributed by atoms with Crippen molar-refractivity contribution in [3.8, 4) is 0 Å². The van der Waals surface area contributed by atoms with E-state index in [0.29, 0.717) is 15.6 Å². The van der Waals surface area contributed by atoms with Crippen molar-refractivity contribution >= 4 is 29.1 Å². The van der Waals surface area contributed by atoms with Gasteiger partial charge in [-0.15, -0.1) is 0 Å². The Bertz CT molecular complexity index is 450. The number of benzene rings is 1. The van der Waals surface area contributed by atoms with E-state index in [9.17, 15) is 4.79 Å². The smallest absolute Gasteiger partial charge is 0.255 e. The first-order valence-corrected chi connectivity index (χ1v) is 6.15. The van der Waals surface area contributed by atoms with Gasteiger partial charge in [0.05, 0.1) is 10.6 Å². The lowest BCUT2D eigenvalue weighted by atomic mass is 10.2. The number of fused-ring (bicyclic) bond motifs is 1. The second kappa shape index (κ2) is 3.64. The van der Waals surface area contributed by atoms with Crippen molar-refractivity contribution in [2.45, 2.75) is 6.42 Å². The van der Waals surface area contributed by atoms with Gasteiger partial charge in [0.15, 0.2) is 0 Å². The molecule has 2 atom stereocenters. The Morgan fingerprint density at radius 3 is 2.62 bits per heavy atom. The lowest BCUT2D eigenvalue weighted by molar-refractivity contribution is 0.0776. The largest absolute Gasteiger partial charge is 0.338 e. The van der Waals surface area contributed by atoms with Gasteiger partial charge in [-0.05, 0) is 36.5 Å². The van der Waals surface area contributed by atoms with Gasteiger partial charge >= 0.3 is 0 Å². The van der Waals surface area contributed by atoms with E-state index in [4.69, 9.17) is 23.2 Å². The van der Waals surface area contributed by atoms with Crippen molar-refractivity contribution in [1.29, 1.82) is 0 Å². The van der Waals surface area contributed by atoms with E-state index in [1.807, 2.05) is 4.90 Å². The molecule has 84 valence electrons. The fourth-order valence-electron chi connectivity index (χ4n) is 2.40. The fourth-order valence-corrected chi connectivity index (χ4v) is 2.77. The van der Waals surface area contributed by atoms with E-state index in [0.717, 1.165) is 24.9 Å². The lowest BCUT2D eigenvalue weighted by Crippen LogP contribution is -2.30. The van der Waals surface area contributed by atoms with Gasteiger partial charge in [-0.3, -0.25) is 4.79 Å². The topological polar surface area (TPSA) is 20.3 Å². The molecule has 2 nitrogen and oxygen atoms in total. The highest BCUT2D eigenvalue weighted by Crippen LogP contribution is 2.45. The van der Waals surface area contributed by atoms with Gasteiger partial charge in [0.25, 0.3) is 5.91 Å². The minimum atomic E-state index is 0.0136. The van der Waals surface area contributed by atoms with E-state index >= 15 is 0 Å². The average molecular weight is 256 g/mol. The molecule has 1 amide bonds. The van der Waals surface area contributed by atoms with Crippen LogP contribution in [0.3, 0.4) is 0 Å². The van der Waals surface area contributed by atoms with Crippen molar-refractivity contribution < 1.29 is 4.79 Å². The second-order valence-corrected chi connectivity index (χ2v) is 5.43. The third-order valence-corrected chi connectivity index (χ3v) is 3.99. The van der Waals surface area contributed by atoms with E-state index < -0.39 is 0 Å². The number of nitrogens with zero attached hydrogens (tertiary/aromatic N) is 1. The predicted octanol–water partition coefficient (Wildman–Crippen LogP) is 3.09. The molecule has 1 saturated carbocycles. The lowest BCUT2D eigenvalue weighted by Gasteiger charge is -2.18. The SMILES string of the molecule is O=C(c1cc(Cl)ccc1Cl)N1CC2CC2C1. The molecule has 1 aliphatic carbocycles. The Labute approximate surface area is 104 Å². The molecule has 16 heavy (non-hydrogen) atoms. The summed E-state index contributed by atoms with van der Waals surface area (Å²) >= 11 is 11.9. The van der Waals surface area contributed by atoms with Gasteiger partial charge in [0.2, 0.25) is 0 Å². The first kappa shape index (κ1) is 10.4. The number of amides is 1. The minimum Gasteiger partial charge on any atom is -0.338 e. The Morgan fingerprint density at radius 2 is 1.94 bits per heavy atom. The molecule has 0 N–H and O–H groups in total. The summed E-state index contributed by atoms with van der Waals surface area (Å²) in [5.41, 5.74) is 0.524. The van der Waals surface area contributed by atoms with Gasteiger partial charge < -0.3 is 4.90 Å². The number of carbonyl (C=O) groups excluding carboxylic acids is 1. The first-order chi connectivity index (χ1) is 7.65. The van der Waals surface area contributed by atoms with Crippen LogP contribution in [0.1, 0.15) is 16.8 Å². The third kappa shape index (κ3) is 1.70. The van der Waals surface area contributed by atoms with Crippen molar-refractivity contribution in [2.75, 3.05) is 13.1 Å². The van der Waals surface area contributed by atoms with Crippen molar-refractivity contribution in [1.82, 2.24) is 4.90 Å². The highest BCUT2D eigenvalue weighted by atomic mass is 35.5. The summed E-state index contributed by atoms with van der Waals surface area (Å²) in [7, 11) is 0. The van der Waals surface area contributed by atoms with Crippen LogP contribution in [0.4, 0.5) is 0 Å². The third-order valence-electron chi connectivity index (χ3n) is 3.42. The zero-order valence-corrected chi connectivity index (χ0v) is 10.1. The number of likely N-dealkylation sites (tertiary alicyclic amines) is 1. The van der Waals surface area contributed by atoms with Crippen molar-refractivity contribution in [3.63, 3.8) is 0 Å². The summed E-state index contributed by atoms with van der Waals surface area (Å²) in [5.74, 6) is 1.49. The molecule has 1 aromatic carbocycles. The maximum atomic E-state index is 12.2. The summed E-state index contributed by atoms with van der Waals surface area (Å²) < 4.78 is 0. The highest BCUT2D eigenvalue weighted by molar-refractivity contribution is 6.35. The summed E-state index contributed by atoms with van der Waals surface area (Å²) in [4.78, 5) is 14.1. The Hall–Kier alpha value is -0.730. The van der Waals surface area contributed by atoms with E-state index in [2.05, 4.69) is 0 Å². The van der Waals surface area contributed by atoms with Crippen molar-refractivity contribution in [3.05, 3.63) is 33.8 Å². The summed E-state index contributed by atoms with van der Waals surface area (Å²) in [6.45, 7) is 1.76. The van der Waals surface area contributed by atoms with Crippen LogP contribution >= 0.6 is 23.2 Å². The first-order valence-electron chi connectivity index (χ1n) is 5.39. The van der Waals surface area contributed by atoms with Crippen LogP contribution in [0.5, 0.6) is 0 Å². The minimum absolute atomic E-state index is 0.0136. The maximum Gasteiger partial charge on any atom is 0.255 e. The molecule has 1 saturated heterocycles. The van der Waals surface area contributed by atoms with Gasteiger partial charge in [-0.2, -0.15) is 0 Å². The molecule has 2 fully saturated rings. The van der Waals surface area contributed by atoms with Gasteiger partial charge in [0.1, 0.15) is 0 Å². The molecular formula is C12H11Cl2NO. The van der Waals surface area contributed by atoms with Gasteiger partial charge in [-0.25, -0.2) is 0 Å². The van der Waals surface area contributed by atoms with E-state index in [-0.39, 0.29) is 5.91 Å². The molecule has 2 aliphatic rings. The molecule has 4 heteroatoms. The van der Waals surface area contributed by atoms with Crippen LogP contribution in [0.25, 0.3) is 0 Å². The number of halogens is 2. The maximum absolute atomic E-state index is 12.2. The molecule has 1 heterocycles. The molecule has 3 rings (SSSR count). The normalized spacial score (nSPS) is 26.8. The van der Waals surface area contributed by atoms with Crippen molar-refractivity contribution in [2.24, 2.45) is 11.8 Å².